The molecule has 4 rings (SSSR count). The molecule has 0 N–H and O–H groups in total. The van der Waals surface area contributed by atoms with Crippen molar-refractivity contribution in [1.29, 1.82) is 0 Å². The SMILES string of the molecule is Cc1noc2nc(-c3ccco3)cc(C(=O)N(C)Cc3ccccc3OC(F)(F)F)c12. The van der Waals surface area contributed by atoms with Gasteiger partial charge in [0, 0.05) is 19.2 Å². The molecule has 31 heavy (non-hydrogen) atoms. The maximum Gasteiger partial charge on any atom is 0.573 e. The van der Waals surface area contributed by atoms with E-state index >= 15 is 0 Å². The molecule has 1 amide bonds. The highest BCUT2D eigenvalue weighted by Gasteiger charge is 2.32. The number of para-hydroxylation sites is 1. The van der Waals surface area contributed by atoms with Crippen LogP contribution in [0, 0.1) is 6.92 Å². The van der Waals surface area contributed by atoms with E-state index in [1.807, 2.05) is 0 Å². The first-order valence-corrected chi connectivity index (χ1v) is 9.13. The molecule has 4 aromatic rings. The Kier molecular flexibility index (Phi) is 5.14. The van der Waals surface area contributed by atoms with Crippen LogP contribution in [0.4, 0.5) is 13.2 Å². The minimum Gasteiger partial charge on any atom is -0.463 e. The van der Waals surface area contributed by atoms with Gasteiger partial charge < -0.3 is 18.6 Å². The number of furan rings is 1. The van der Waals surface area contributed by atoms with E-state index in [1.54, 1.807) is 31.2 Å². The summed E-state index contributed by atoms with van der Waals surface area (Å²) in [6.07, 6.45) is -3.37. The summed E-state index contributed by atoms with van der Waals surface area (Å²) in [6, 6.07) is 10.6. The third-order valence-corrected chi connectivity index (χ3v) is 4.57. The predicted octanol–water partition coefficient (Wildman–Crippen LogP) is 4.96. The van der Waals surface area contributed by atoms with Gasteiger partial charge in [-0.3, -0.25) is 4.79 Å². The number of amides is 1. The number of pyridine rings is 1. The van der Waals surface area contributed by atoms with Gasteiger partial charge in [-0.2, -0.15) is 0 Å². The monoisotopic (exact) mass is 431 g/mol. The van der Waals surface area contributed by atoms with Gasteiger partial charge in [-0.15, -0.1) is 13.2 Å². The van der Waals surface area contributed by atoms with Crippen LogP contribution in [0.5, 0.6) is 5.75 Å². The second kappa shape index (κ2) is 7.78. The zero-order chi connectivity index (χ0) is 22.2. The number of carbonyl (C=O) groups is 1. The lowest BCUT2D eigenvalue weighted by Crippen LogP contribution is -2.27. The van der Waals surface area contributed by atoms with Crippen molar-refractivity contribution in [3.63, 3.8) is 0 Å². The number of halogens is 3. The maximum absolute atomic E-state index is 13.3. The standard InChI is InChI=1S/C21H16F3N3O4/c1-12-18-14(10-15(17-8-5-9-29-17)25-19(18)31-26-12)20(28)27(2)11-13-6-3-4-7-16(13)30-21(22,23)24/h3-10H,11H2,1-2H3. The predicted molar refractivity (Wildman–Crippen MR) is 103 cm³/mol. The van der Waals surface area contributed by atoms with Crippen LogP contribution in [0.2, 0.25) is 0 Å². The number of aryl methyl sites for hydroxylation is 1. The van der Waals surface area contributed by atoms with Crippen LogP contribution in [0.25, 0.3) is 22.6 Å². The van der Waals surface area contributed by atoms with Crippen molar-refractivity contribution < 1.29 is 31.6 Å². The van der Waals surface area contributed by atoms with Crippen molar-refractivity contribution in [3.05, 3.63) is 65.5 Å². The van der Waals surface area contributed by atoms with E-state index < -0.39 is 12.3 Å². The van der Waals surface area contributed by atoms with Gasteiger partial charge in [0.1, 0.15) is 11.4 Å². The fourth-order valence-electron chi connectivity index (χ4n) is 3.21. The van der Waals surface area contributed by atoms with Gasteiger partial charge in [-0.1, -0.05) is 23.4 Å². The highest BCUT2D eigenvalue weighted by atomic mass is 19.4. The average Bonchev–Trinajstić information content (AvgIpc) is 3.37. The topological polar surface area (TPSA) is 81.6 Å². The van der Waals surface area contributed by atoms with Crippen molar-refractivity contribution in [2.45, 2.75) is 19.8 Å². The molecule has 0 aliphatic carbocycles. The van der Waals surface area contributed by atoms with Gasteiger partial charge in [-0.25, -0.2) is 4.98 Å². The van der Waals surface area contributed by atoms with E-state index in [-0.39, 0.29) is 29.1 Å². The molecule has 7 nitrogen and oxygen atoms in total. The van der Waals surface area contributed by atoms with E-state index in [2.05, 4.69) is 14.9 Å². The van der Waals surface area contributed by atoms with E-state index in [0.29, 0.717) is 22.5 Å². The first kappa shape index (κ1) is 20.5. The normalized spacial score (nSPS) is 11.6. The number of fused-ring (bicyclic) bond motifs is 1. The number of rotatable bonds is 5. The highest BCUT2D eigenvalue weighted by Crippen LogP contribution is 2.30. The molecule has 0 spiro atoms. The number of alkyl halides is 3. The number of benzene rings is 1. The van der Waals surface area contributed by atoms with Gasteiger partial charge in [0.05, 0.1) is 22.9 Å². The quantitative estimate of drug-likeness (QED) is 0.444. The number of hydrogen-bond acceptors (Lipinski definition) is 6. The Morgan fingerprint density at radius 1 is 1.19 bits per heavy atom. The van der Waals surface area contributed by atoms with Gasteiger partial charge in [0.15, 0.2) is 5.76 Å². The molecule has 10 heteroatoms. The molecule has 0 saturated carbocycles. The smallest absolute Gasteiger partial charge is 0.463 e. The van der Waals surface area contributed by atoms with Gasteiger partial charge >= 0.3 is 6.36 Å². The Labute approximate surface area is 174 Å². The first-order valence-electron chi connectivity index (χ1n) is 9.13. The van der Waals surface area contributed by atoms with Crippen molar-refractivity contribution in [2.24, 2.45) is 0 Å². The molecule has 1 aromatic carbocycles. The Morgan fingerprint density at radius 3 is 2.68 bits per heavy atom. The van der Waals surface area contributed by atoms with E-state index in [4.69, 9.17) is 8.94 Å². The molecule has 0 radical (unpaired) electrons. The summed E-state index contributed by atoms with van der Waals surface area (Å²) in [6.45, 7) is 1.55. The Bertz CT molecular complexity index is 1230. The van der Waals surface area contributed by atoms with Gasteiger partial charge in [-0.05, 0) is 31.2 Å². The van der Waals surface area contributed by atoms with Crippen LogP contribution in [0.3, 0.4) is 0 Å². The molecule has 160 valence electrons. The Morgan fingerprint density at radius 2 is 1.97 bits per heavy atom. The fourth-order valence-corrected chi connectivity index (χ4v) is 3.21. The molecule has 3 aromatic heterocycles. The number of hydrogen-bond donors (Lipinski definition) is 0. The second-order valence-electron chi connectivity index (χ2n) is 6.80. The second-order valence-corrected chi connectivity index (χ2v) is 6.80. The summed E-state index contributed by atoms with van der Waals surface area (Å²) in [5, 5.41) is 4.30. The summed E-state index contributed by atoms with van der Waals surface area (Å²) < 4.78 is 52.8. The molecule has 0 bridgehead atoms. The third-order valence-electron chi connectivity index (χ3n) is 4.57. The molecular weight excluding hydrogens is 415 g/mol. The lowest BCUT2D eigenvalue weighted by molar-refractivity contribution is -0.275. The molecular formula is C21H16F3N3O4. The molecule has 0 atom stereocenters. The van der Waals surface area contributed by atoms with E-state index in [1.165, 1.54) is 36.4 Å². The molecule has 0 unspecified atom stereocenters. The summed E-state index contributed by atoms with van der Waals surface area (Å²) in [4.78, 5) is 18.9. The van der Waals surface area contributed by atoms with Crippen molar-refractivity contribution in [1.82, 2.24) is 15.0 Å². The van der Waals surface area contributed by atoms with Crippen molar-refractivity contribution in [2.75, 3.05) is 7.05 Å². The molecule has 0 aliphatic heterocycles. The van der Waals surface area contributed by atoms with Gasteiger partial charge in [0.2, 0.25) is 0 Å². The van der Waals surface area contributed by atoms with Crippen molar-refractivity contribution >= 4 is 17.0 Å². The molecule has 0 aliphatic rings. The minimum absolute atomic E-state index is 0.116. The lowest BCUT2D eigenvalue weighted by atomic mass is 10.1. The Balaban J connectivity index is 1.69. The summed E-state index contributed by atoms with van der Waals surface area (Å²) in [5.74, 6) is -0.392. The third kappa shape index (κ3) is 4.23. The van der Waals surface area contributed by atoms with Crippen molar-refractivity contribution in [3.8, 4) is 17.2 Å². The van der Waals surface area contributed by atoms with Crippen LogP contribution in [-0.4, -0.2) is 34.4 Å². The summed E-state index contributed by atoms with van der Waals surface area (Å²) in [7, 11) is 1.48. The number of carbonyl (C=O) groups excluding carboxylic acids is 1. The molecule has 3 heterocycles. The molecule has 0 fully saturated rings. The number of ether oxygens (including phenoxy) is 1. The summed E-state index contributed by atoms with van der Waals surface area (Å²) >= 11 is 0. The van der Waals surface area contributed by atoms with Gasteiger partial charge in [0.25, 0.3) is 11.6 Å². The van der Waals surface area contributed by atoms with Crippen LogP contribution >= 0.6 is 0 Å². The van der Waals surface area contributed by atoms with Crippen LogP contribution in [-0.2, 0) is 6.54 Å². The largest absolute Gasteiger partial charge is 0.573 e. The Hall–Kier alpha value is -3.82. The van der Waals surface area contributed by atoms with E-state index in [0.717, 1.165) is 0 Å². The van der Waals surface area contributed by atoms with Crippen LogP contribution < -0.4 is 4.74 Å². The highest BCUT2D eigenvalue weighted by molar-refractivity contribution is 6.06. The zero-order valence-electron chi connectivity index (χ0n) is 16.4. The van der Waals surface area contributed by atoms with Crippen LogP contribution in [0.1, 0.15) is 21.6 Å². The lowest BCUT2D eigenvalue weighted by Gasteiger charge is -2.20. The minimum atomic E-state index is -4.84. The fraction of sp³-hybridized carbons (Fsp3) is 0.190. The first-order chi connectivity index (χ1) is 14.7. The van der Waals surface area contributed by atoms with E-state index in [9.17, 15) is 18.0 Å². The van der Waals surface area contributed by atoms with Crippen LogP contribution in [0.15, 0.2) is 57.7 Å². The zero-order valence-corrected chi connectivity index (χ0v) is 16.4. The summed E-state index contributed by atoms with van der Waals surface area (Å²) in [5.41, 5.74) is 1.43. The number of nitrogens with zero attached hydrogens (tertiary/aromatic N) is 3. The number of aromatic nitrogens is 2. The average molecular weight is 431 g/mol. The molecule has 0 saturated heterocycles. The maximum atomic E-state index is 13.3.